The van der Waals surface area contributed by atoms with Gasteiger partial charge in [-0.2, -0.15) is 10.5 Å². The first-order chi connectivity index (χ1) is 11.5. The van der Waals surface area contributed by atoms with Crippen molar-refractivity contribution in [3.63, 3.8) is 0 Å². The zero-order valence-electron chi connectivity index (χ0n) is 14.8. The maximum absolute atomic E-state index is 9.15. The summed E-state index contributed by atoms with van der Waals surface area (Å²) >= 11 is 0. The Kier molecular flexibility index (Phi) is 5.83. The number of aromatic nitrogens is 1. The van der Waals surface area contributed by atoms with Gasteiger partial charge in [0.1, 0.15) is 17.7 Å². The van der Waals surface area contributed by atoms with Gasteiger partial charge < -0.3 is 4.57 Å². The van der Waals surface area contributed by atoms with E-state index in [0.29, 0.717) is 0 Å². The van der Waals surface area contributed by atoms with Crippen LogP contribution in [0.1, 0.15) is 52.1 Å². The van der Waals surface area contributed by atoms with Crippen molar-refractivity contribution in [2.45, 2.75) is 53.0 Å². The number of nitriles is 2. The maximum Gasteiger partial charge on any atom is 0.132 e. The lowest BCUT2D eigenvalue weighted by atomic mass is 9.74. The average molecular weight is 319 g/mol. The van der Waals surface area contributed by atoms with Crippen LogP contribution in [-0.4, -0.2) is 4.57 Å². The second-order valence-corrected chi connectivity index (χ2v) is 7.17. The first-order valence-corrected chi connectivity index (χ1v) is 8.56. The van der Waals surface area contributed by atoms with Gasteiger partial charge >= 0.3 is 0 Å². The summed E-state index contributed by atoms with van der Waals surface area (Å²) in [6.45, 7) is 7.60. The van der Waals surface area contributed by atoms with Crippen molar-refractivity contribution in [1.82, 2.24) is 4.57 Å². The highest BCUT2D eigenvalue weighted by Crippen LogP contribution is 2.39. The van der Waals surface area contributed by atoms with E-state index in [2.05, 4.69) is 55.8 Å². The van der Waals surface area contributed by atoms with Crippen molar-refractivity contribution in [2.75, 3.05) is 0 Å². The Labute approximate surface area is 145 Å². The van der Waals surface area contributed by atoms with E-state index in [1.165, 1.54) is 24.1 Å². The zero-order valence-corrected chi connectivity index (χ0v) is 14.8. The van der Waals surface area contributed by atoms with E-state index in [4.69, 9.17) is 10.5 Å². The fourth-order valence-electron chi connectivity index (χ4n) is 3.20. The minimum Gasteiger partial charge on any atom is -0.348 e. The van der Waals surface area contributed by atoms with Crippen LogP contribution in [0.15, 0.2) is 47.2 Å². The Morgan fingerprint density at radius 3 is 2.67 bits per heavy atom. The van der Waals surface area contributed by atoms with Crippen LogP contribution in [0.4, 0.5) is 0 Å². The van der Waals surface area contributed by atoms with Gasteiger partial charge in [-0.15, -0.1) is 0 Å². The first-order valence-electron chi connectivity index (χ1n) is 8.56. The number of aryl methyl sites for hydroxylation is 1. The molecule has 0 aromatic carbocycles. The molecule has 0 spiro atoms. The van der Waals surface area contributed by atoms with Crippen LogP contribution in [0.3, 0.4) is 0 Å². The number of hydrogen-bond donors (Lipinski definition) is 0. The summed E-state index contributed by atoms with van der Waals surface area (Å²) in [6.07, 6.45) is 12.5. The molecule has 2 rings (SSSR count). The molecule has 0 N–H and O–H groups in total. The van der Waals surface area contributed by atoms with Crippen molar-refractivity contribution < 1.29 is 0 Å². The molecular weight excluding hydrogens is 294 g/mol. The molecule has 0 amide bonds. The van der Waals surface area contributed by atoms with Gasteiger partial charge in [0.25, 0.3) is 0 Å². The van der Waals surface area contributed by atoms with Gasteiger partial charge in [0, 0.05) is 18.4 Å². The molecule has 0 saturated carbocycles. The number of hydrogen-bond acceptors (Lipinski definition) is 2. The highest BCUT2D eigenvalue weighted by molar-refractivity contribution is 5.54. The molecule has 0 atom stereocenters. The highest BCUT2D eigenvalue weighted by Gasteiger charge is 2.26. The second kappa shape index (κ2) is 7.84. The second-order valence-electron chi connectivity index (χ2n) is 7.17. The summed E-state index contributed by atoms with van der Waals surface area (Å²) in [5.74, 6) is 0. The smallest absolute Gasteiger partial charge is 0.132 e. The van der Waals surface area contributed by atoms with E-state index in [1.807, 2.05) is 18.2 Å². The van der Waals surface area contributed by atoms with E-state index in [1.54, 1.807) is 0 Å². The molecule has 3 heteroatoms. The molecule has 0 aliphatic heterocycles. The highest BCUT2D eigenvalue weighted by atomic mass is 15.0. The summed E-state index contributed by atoms with van der Waals surface area (Å²) < 4.78 is 2.27. The Balaban J connectivity index is 2.28. The molecule has 3 nitrogen and oxygen atoms in total. The molecule has 1 aliphatic carbocycles. The summed E-state index contributed by atoms with van der Waals surface area (Å²) in [4.78, 5) is 0. The monoisotopic (exact) mass is 319 g/mol. The van der Waals surface area contributed by atoms with Gasteiger partial charge in [0.15, 0.2) is 0 Å². The summed E-state index contributed by atoms with van der Waals surface area (Å²) in [5, 5.41) is 18.3. The zero-order chi connectivity index (χ0) is 17.6. The summed E-state index contributed by atoms with van der Waals surface area (Å²) in [7, 11) is 0. The predicted octanol–water partition coefficient (Wildman–Crippen LogP) is 5.39. The lowest BCUT2D eigenvalue weighted by molar-refractivity contribution is 0.354. The molecule has 1 heterocycles. The van der Waals surface area contributed by atoms with Crippen molar-refractivity contribution in [1.29, 1.82) is 10.5 Å². The van der Waals surface area contributed by atoms with E-state index in [0.717, 1.165) is 25.0 Å². The number of nitrogens with zero attached hydrogens (tertiary/aromatic N) is 3. The van der Waals surface area contributed by atoms with E-state index in [9.17, 15) is 0 Å². The standard InChI is InChI=1S/C21H25N3/c1-4-5-10-24-11-6-7-20(24)9-8-17-12-18(19(15-22)16-23)14-21(2,3)13-17/h6-9,11-12H,4-5,10,13-14H2,1-3H3/b9-8+. The van der Waals surface area contributed by atoms with Crippen LogP contribution >= 0.6 is 0 Å². The third kappa shape index (κ3) is 4.49. The van der Waals surface area contributed by atoms with E-state index < -0.39 is 0 Å². The van der Waals surface area contributed by atoms with Gasteiger partial charge in [-0.05, 0) is 54.0 Å². The molecule has 0 unspecified atom stereocenters. The SMILES string of the molecule is CCCCn1cccc1/C=C/C1=CC(=C(C#N)C#N)CC(C)(C)C1. The molecule has 0 saturated heterocycles. The fourth-order valence-corrected chi connectivity index (χ4v) is 3.20. The van der Waals surface area contributed by atoms with Gasteiger partial charge in [-0.3, -0.25) is 0 Å². The van der Waals surface area contributed by atoms with Crippen LogP contribution in [0.2, 0.25) is 0 Å². The molecule has 0 bridgehead atoms. The third-order valence-corrected chi connectivity index (χ3v) is 4.34. The molecule has 24 heavy (non-hydrogen) atoms. The Morgan fingerprint density at radius 1 is 1.25 bits per heavy atom. The molecule has 1 aliphatic rings. The number of allylic oxidation sites excluding steroid dienone is 5. The lowest BCUT2D eigenvalue weighted by Gasteiger charge is -2.30. The fraction of sp³-hybridized carbons (Fsp3) is 0.429. The van der Waals surface area contributed by atoms with Crippen LogP contribution in [0.5, 0.6) is 0 Å². The van der Waals surface area contributed by atoms with Crippen LogP contribution in [0.25, 0.3) is 6.08 Å². The topological polar surface area (TPSA) is 52.5 Å². The summed E-state index contributed by atoms with van der Waals surface area (Å²) in [6, 6.07) is 8.25. The van der Waals surface area contributed by atoms with Gasteiger partial charge in [-0.25, -0.2) is 0 Å². The third-order valence-electron chi connectivity index (χ3n) is 4.34. The van der Waals surface area contributed by atoms with Gasteiger partial charge in [0.05, 0.1) is 0 Å². The van der Waals surface area contributed by atoms with Crippen molar-refractivity contribution in [3.05, 3.63) is 52.9 Å². The predicted molar refractivity (Wildman–Crippen MR) is 97.7 cm³/mol. The van der Waals surface area contributed by atoms with Crippen molar-refractivity contribution in [2.24, 2.45) is 5.41 Å². The van der Waals surface area contributed by atoms with E-state index >= 15 is 0 Å². The van der Waals surface area contributed by atoms with Crippen molar-refractivity contribution in [3.8, 4) is 12.1 Å². The Hall–Kier alpha value is -2.52. The molecule has 0 fully saturated rings. The maximum atomic E-state index is 9.15. The first kappa shape index (κ1) is 17.8. The molecule has 1 aromatic heterocycles. The van der Waals surface area contributed by atoms with Crippen molar-refractivity contribution >= 4 is 6.08 Å². The van der Waals surface area contributed by atoms with Crippen LogP contribution < -0.4 is 0 Å². The molecule has 124 valence electrons. The lowest BCUT2D eigenvalue weighted by Crippen LogP contribution is -2.17. The Bertz CT molecular complexity index is 742. The van der Waals surface area contributed by atoms with Gasteiger partial charge in [-0.1, -0.05) is 39.3 Å². The van der Waals surface area contributed by atoms with E-state index in [-0.39, 0.29) is 11.0 Å². The Morgan fingerprint density at radius 2 is 2.00 bits per heavy atom. The normalized spacial score (nSPS) is 16.5. The number of rotatable bonds is 5. The number of unbranched alkanes of at least 4 members (excludes halogenated alkanes) is 1. The van der Waals surface area contributed by atoms with Crippen LogP contribution in [-0.2, 0) is 6.54 Å². The quantitative estimate of drug-likeness (QED) is 0.683. The van der Waals surface area contributed by atoms with Crippen LogP contribution in [0, 0.1) is 28.1 Å². The average Bonchev–Trinajstić information content (AvgIpc) is 2.98. The largest absolute Gasteiger partial charge is 0.348 e. The molecule has 1 aromatic rings. The minimum atomic E-state index is 0.0624. The minimum absolute atomic E-state index is 0.0624. The molecular formula is C21H25N3. The molecule has 0 radical (unpaired) electrons. The summed E-state index contributed by atoms with van der Waals surface area (Å²) in [5.41, 5.74) is 3.52. The van der Waals surface area contributed by atoms with Gasteiger partial charge in [0.2, 0.25) is 0 Å².